The van der Waals surface area contributed by atoms with Crippen molar-refractivity contribution in [2.24, 2.45) is 5.10 Å². The summed E-state index contributed by atoms with van der Waals surface area (Å²) >= 11 is 4.65. The van der Waals surface area contributed by atoms with E-state index in [2.05, 4.69) is 31.8 Å². The molecule has 166 valence electrons. The third kappa shape index (κ3) is 6.49. The molecule has 1 aromatic heterocycles. The van der Waals surface area contributed by atoms with E-state index >= 15 is 0 Å². The molecule has 0 saturated carbocycles. The van der Waals surface area contributed by atoms with Crippen molar-refractivity contribution in [1.82, 2.24) is 10.3 Å². The van der Waals surface area contributed by atoms with Crippen molar-refractivity contribution >= 4 is 50.3 Å². The molecular weight excluding hydrogens is 492 g/mol. The second kappa shape index (κ2) is 11.0. The van der Waals surface area contributed by atoms with Crippen molar-refractivity contribution in [2.75, 3.05) is 26.5 Å². The van der Waals surface area contributed by atoms with E-state index in [-0.39, 0.29) is 5.91 Å². The number of carbonyl (C=O) groups is 2. The van der Waals surface area contributed by atoms with Crippen molar-refractivity contribution in [3.8, 4) is 5.75 Å². The lowest BCUT2D eigenvalue weighted by Crippen LogP contribution is -2.20. The number of nitrogens with zero attached hydrogens (tertiary/aromatic N) is 2. The third-order valence-electron chi connectivity index (χ3n) is 4.36. The number of ether oxygens (including phenoxy) is 1. The highest BCUT2D eigenvalue weighted by molar-refractivity contribution is 9.11. The number of halogens is 1. The van der Waals surface area contributed by atoms with Crippen LogP contribution in [0.15, 0.2) is 63.5 Å². The van der Waals surface area contributed by atoms with Crippen LogP contribution in [0.4, 0.5) is 5.00 Å². The Labute approximate surface area is 199 Å². The van der Waals surface area contributed by atoms with Gasteiger partial charge in [-0.3, -0.25) is 9.59 Å². The van der Waals surface area contributed by atoms with E-state index in [1.54, 1.807) is 31.4 Å². The number of amides is 2. The van der Waals surface area contributed by atoms with Crippen LogP contribution in [-0.2, 0) is 6.54 Å². The van der Waals surface area contributed by atoms with Crippen LogP contribution in [0.25, 0.3) is 0 Å². The fourth-order valence-corrected chi connectivity index (χ4v) is 4.38. The quantitative estimate of drug-likeness (QED) is 0.340. The van der Waals surface area contributed by atoms with Gasteiger partial charge < -0.3 is 15.0 Å². The number of methoxy groups -OCH3 is 1. The van der Waals surface area contributed by atoms with Gasteiger partial charge >= 0.3 is 0 Å². The Bertz CT molecular complexity index is 1130. The molecular formula is C23H23BrN4O3S. The van der Waals surface area contributed by atoms with Gasteiger partial charge in [0.1, 0.15) is 10.8 Å². The summed E-state index contributed by atoms with van der Waals surface area (Å²) in [5, 5.41) is 7.29. The average Bonchev–Trinajstić information content (AvgIpc) is 3.14. The minimum absolute atomic E-state index is 0.282. The first-order chi connectivity index (χ1) is 15.4. The first kappa shape index (κ1) is 23.6. The van der Waals surface area contributed by atoms with Gasteiger partial charge in [0, 0.05) is 12.1 Å². The van der Waals surface area contributed by atoms with Gasteiger partial charge in [-0.2, -0.15) is 5.10 Å². The molecule has 0 fully saturated rings. The summed E-state index contributed by atoms with van der Waals surface area (Å²) in [6.45, 7) is 0.728. The predicted octanol–water partition coefficient (Wildman–Crippen LogP) is 4.60. The molecule has 0 bridgehead atoms. The van der Waals surface area contributed by atoms with Gasteiger partial charge in [0.25, 0.3) is 11.8 Å². The summed E-state index contributed by atoms with van der Waals surface area (Å²) in [5.41, 5.74) is 5.19. The fourth-order valence-electron chi connectivity index (χ4n) is 2.89. The SMILES string of the molecule is COc1ccc(/C=N/NC(=O)c2cc(Br)sc2NC(=O)c2cccc(CN(C)C)c2)cc1. The van der Waals surface area contributed by atoms with E-state index in [0.29, 0.717) is 16.1 Å². The number of rotatable bonds is 8. The number of anilines is 1. The zero-order chi connectivity index (χ0) is 23.1. The van der Waals surface area contributed by atoms with E-state index < -0.39 is 5.91 Å². The average molecular weight is 515 g/mol. The number of thiophene rings is 1. The standard InChI is InChI=1S/C23H23BrN4O3S/c1-28(2)14-16-5-4-6-17(11-16)21(29)26-23-19(12-20(24)32-23)22(30)27-25-13-15-7-9-18(31-3)10-8-15/h4-13H,14H2,1-3H3,(H,26,29)(H,27,30)/b25-13+. The second-order valence-electron chi connectivity index (χ2n) is 7.16. The third-order valence-corrected chi connectivity index (χ3v) is 5.91. The molecule has 2 amide bonds. The Kier molecular flexibility index (Phi) is 8.15. The van der Waals surface area contributed by atoms with E-state index in [4.69, 9.17) is 4.74 Å². The van der Waals surface area contributed by atoms with Crippen LogP contribution in [0.3, 0.4) is 0 Å². The maximum atomic E-state index is 12.8. The predicted molar refractivity (Wildman–Crippen MR) is 132 cm³/mol. The highest BCUT2D eigenvalue weighted by Crippen LogP contribution is 2.32. The molecule has 9 heteroatoms. The molecule has 0 aliphatic heterocycles. The monoisotopic (exact) mass is 514 g/mol. The van der Waals surface area contributed by atoms with Crippen molar-refractivity contribution in [3.05, 3.63) is 80.6 Å². The van der Waals surface area contributed by atoms with Crippen LogP contribution in [0, 0.1) is 0 Å². The summed E-state index contributed by atoms with van der Waals surface area (Å²) < 4.78 is 5.84. The molecule has 0 aliphatic rings. The van der Waals surface area contributed by atoms with E-state index in [0.717, 1.165) is 27.2 Å². The number of hydrogen-bond donors (Lipinski definition) is 2. The maximum Gasteiger partial charge on any atom is 0.274 e. The van der Waals surface area contributed by atoms with Gasteiger partial charge in [0.15, 0.2) is 0 Å². The molecule has 2 N–H and O–H groups in total. The number of carbonyl (C=O) groups excluding carboxylic acids is 2. The van der Waals surface area contributed by atoms with Crippen LogP contribution in [-0.4, -0.2) is 44.1 Å². The lowest BCUT2D eigenvalue weighted by Gasteiger charge is -2.11. The summed E-state index contributed by atoms with van der Waals surface area (Å²) in [4.78, 5) is 27.5. The minimum Gasteiger partial charge on any atom is -0.497 e. The summed E-state index contributed by atoms with van der Waals surface area (Å²) in [5.74, 6) is 0.0334. The number of hydrogen-bond acceptors (Lipinski definition) is 6. The lowest BCUT2D eigenvalue weighted by molar-refractivity contribution is 0.0956. The van der Waals surface area contributed by atoms with Gasteiger partial charge in [-0.15, -0.1) is 11.3 Å². The number of nitrogens with one attached hydrogen (secondary N) is 2. The van der Waals surface area contributed by atoms with Crippen LogP contribution in [0.1, 0.15) is 31.8 Å². The van der Waals surface area contributed by atoms with E-state index in [1.807, 2.05) is 49.3 Å². The smallest absolute Gasteiger partial charge is 0.274 e. The molecule has 32 heavy (non-hydrogen) atoms. The topological polar surface area (TPSA) is 83.0 Å². The maximum absolute atomic E-state index is 12.8. The summed E-state index contributed by atoms with van der Waals surface area (Å²) in [6.07, 6.45) is 1.53. The van der Waals surface area contributed by atoms with Crippen LogP contribution in [0.2, 0.25) is 0 Å². The normalized spacial score (nSPS) is 11.0. The van der Waals surface area contributed by atoms with Gasteiger partial charge in [-0.25, -0.2) is 5.43 Å². The zero-order valence-corrected chi connectivity index (χ0v) is 20.3. The Hall–Kier alpha value is -3.01. The first-order valence-corrected chi connectivity index (χ1v) is 11.3. The Balaban J connectivity index is 1.68. The molecule has 0 atom stereocenters. The largest absolute Gasteiger partial charge is 0.497 e. The second-order valence-corrected chi connectivity index (χ2v) is 9.59. The Morgan fingerprint density at radius 2 is 1.88 bits per heavy atom. The highest BCUT2D eigenvalue weighted by Gasteiger charge is 2.18. The summed E-state index contributed by atoms with van der Waals surface area (Å²) in [6, 6.07) is 16.3. The van der Waals surface area contributed by atoms with Gasteiger partial charge in [-0.05, 0) is 83.6 Å². The highest BCUT2D eigenvalue weighted by atomic mass is 79.9. The molecule has 3 aromatic rings. The van der Waals surface area contributed by atoms with Crippen LogP contribution >= 0.6 is 27.3 Å². The molecule has 0 unspecified atom stereocenters. The molecule has 7 nitrogen and oxygen atoms in total. The minimum atomic E-state index is -0.423. The lowest BCUT2D eigenvalue weighted by atomic mass is 10.1. The van der Waals surface area contributed by atoms with Crippen molar-refractivity contribution in [2.45, 2.75) is 6.54 Å². The Morgan fingerprint density at radius 3 is 2.56 bits per heavy atom. The zero-order valence-electron chi connectivity index (χ0n) is 17.9. The summed E-state index contributed by atoms with van der Waals surface area (Å²) in [7, 11) is 5.54. The van der Waals surface area contributed by atoms with Gasteiger partial charge in [-0.1, -0.05) is 12.1 Å². The molecule has 2 aromatic carbocycles. The molecule has 0 spiro atoms. The van der Waals surface area contributed by atoms with Gasteiger partial charge in [0.05, 0.1) is 22.7 Å². The molecule has 0 aliphatic carbocycles. The van der Waals surface area contributed by atoms with Crippen LogP contribution in [0.5, 0.6) is 5.75 Å². The number of hydrazone groups is 1. The Morgan fingerprint density at radius 1 is 1.12 bits per heavy atom. The molecule has 1 heterocycles. The van der Waals surface area contributed by atoms with Crippen molar-refractivity contribution in [1.29, 1.82) is 0 Å². The van der Waals surface area contributed by atoms with Crippen molar-refractivity contribution < 1.29 is 14.3 Å². The van der Waals surface area contributed by atoms with E-state index in [1.165, 1.54) is 17.6 Å². The van der Waals surface area contributed by atoms with Crippen LogP contribution < -0.4 is 15.5 Å². The molecule has 0 saturated heterocycles. The first-order valence-electron chi connectivity index (χ1n) is 9.67. The molecule has 3 rings (SSSR count). The van der Waals surface area contributed by atoms with Gasteiger partial charge in [0.2, 0.25) is 0 Å². The molecule has 0 radical (unpaired) electrons. The fraction of sp³-hybridized carbons (Fsp3) is 0.174. The van der Waals surface area contributed by atoms with E-state index in [9.17, 15) is 9.59 Å². The number of benzene rings is 2. The van der Waals surface area contributed by atoms with Crippen molar-refractivity contribution in [3.63, 3.8) is 0 Å².